The second kappa shape index (κ2) is 7.13. The minimum absolute atomic E-state index is 0.114. The van der Waals surface area contributed by atoms with Crippen LogP contribution in [0, 0.1) is 0 Å². The molecule has 0 saturated heterocycles. The summed E-state index contributed by atoms with van der Waals surface area (Å²) in [5, 5.41) is 1.32. The molecule has 0 fully saturated rings. The Morgan fingerprint density at radius 2 is 1.88 bits per heavy atom. The number of carbonyl (C=O) groups is 1. The summed E-state index contributed by atoms with van der Waals surface area (Å²) in [4.78, 5) is 14.2. The fourth-order valence-electron chi connectivity index (χ4n) is 2.56. The fourth-order valence-corrected chi connectivity index (χ4v) is 2.69. The number of hydrogen-bond donors (Lipinski definition) is 1. The molecule has 0 aliphatic heterocycles. The van der Waals surface area contributed by atoms with Crippen molar-refractivity contribution in [3.63, 3.8) is 0 Å². The number of carbonyl (C=O) groups excluding carboxylic acids is 1. The lowest BCUT2D eigenvalue weighted by Crippen LogP contribution is -3.00. The van der Waals surface area contributed by atoms with Gasteiger partial charge < -0.3 is 14.1 Å². The van der Waals surface area contributed by atoms with Crippen LogP contribution in [0.25, 0.3) is 17.0 Å². The Morgan fingerprint density at radius 3 is 2.52 bits per heavy atom. The van der Waals surface area contributed by atoms with Gasteiger partial charge in [-0.3, -0.25) is 4.79 Å². The van der Waals surface area contributed by atoms with Gasteiger partial charge in [0, 0.05) is 22.0 Å². The van der Waals surface area contributed by atoms with Gasteiger partial charge in [0.15, 0.2) is 5.78 Å². The van der Waals surface area contributed by atoms with E-state index < -0.39 is 0 Å². The molecule has 1 aromatic heterocycles. The highest BCUT2D eigenvalue weighted by Gasteiger charge is 2.21. The van der Waals surface area contributed by atoms with Gasteiger partial charge in [-0.2, -0.15) is 0 Å². The van der Waals surface area contributed by atoms with Crippen LogP contribution in [-0.2, 0) is 0 Å². The Bertz CT molecular complexity index is 939. The lowest BCUT2D eigenvalue weighted by atomic mass is 10.00. The van der Waals surface area contributed by atoms with Gasteiger partial charge in [0.1, 0.15) is 17.1 Å². The number of quaternary nitrogens is 1. The Hall–Kier alpha value is -2.56. The van der Waals surface area contributed by atoms with Gasteiger partial charge in [-0.25, -0.2) is 0 Å². The highest BCUT2D eigenvalue weighted by Crippen LogP contribution is 2.32. The Balaban J connectivity index is 2.19. The maximum Gasteiger partial charge on any atom is 0.197 e. The zero-order chi connectivity index (χ0) is 18.0. The van der Waals surface area contributed by atoms with Crippen molar-refractivity contribution in [3.8, 4) is 5.75 Å². The Morgan fingerprint density at radius 1 is 1.16 bits per heavy atom. The first-order valence-electron chi connectivity index (χ1n) is 7.88. The van der Waals surface area contributed by atoms with Gasteiger partial charge in [-0.1, -0.05) is 11.6 Å². The minimum Gasteiger partial charge on any atom is -0.497 e. The van der Waals surface area contributed by atoms with E-state index in [4.69, 9.17) is 20.8 Å². The first-order chi connectivity index (χ1) is 12.0. The van der Waals surface area contributed by atoms with Crippen LogP contribution in [0.2, 0.25) is 5.02 Å². The number of fused-ring (bicyclic) bond motifs is 1. The summed E-state index contributed by atoms with van der Waals surface area (Å²) in [5.41, 5.74) is 1.72. The van der Waals surface area contributed by atoms with Crippen molar-refractivity contribution >= 4 is 34.4 Å². The first kappa shape index (κ1) is 17.3. The molecule has 1 N–H and O–H groups in total. The highest BCUT2D eigenvalue weighted by molar-refractivity contribution is 6.30. The van der Waals surface area contributed by atoms with Crippen molar-refractivity contribution < 1.29 is 18.8 Å². The second-order valence-corrected chi connectivity index (χ2v) is 6.39. The van der Waals surface area contributed by atoms with E-state index in [-0.39, 0.29) is 5.78 Å². The van der Waals surface area contributed by atoms with E-state index in [2.05, 4.69) is 0 Å². The third-order valence-electron chi connectivity index (χ3n) is 3.82. The number of halogens is 1. The molecular weight excluding hydrogens is 338 g/mol. The van der Waals surface area contributed by atoms with Gasteiger partial charge in [0.05, 0.1) is 33.0 Å². The maximum absolute atomic E-state index is 13.1. The predicted molar refractivity (Wildman–Crippen MR) is 99.5 cm³/mol. The van der Waals surface area contributed by atoms with Crippen LogP contribution in [-0.4, -0.2) is 27.0 Å². The summed E-state index contributed by atoms with van der Waals surface area (Å²) in [6, 6.07) is 12.3. The average Bonchev–Trinajstić information content (AvgIpc) is 2.97. The summed E-state index contributed by atoms with van der Waals surface area (Å²) >= 11 is 5.93. The standard InChI is InChI=1S/C20H18ClNO3/c1-22(2)11-10-18-19(20(23)13-4-6-14(21)7-5-13)16-12-15(24-3)8-9-17(16)25-18/h4-12H,1-3H3/p+1/b11-10+. The van der Waals surface area contributed by atoms with Gasteiger partial charge in [-0.05, 0) is 42.5 Å². The molecule has 1 heterocycles. The SMILES string of the molecule is COc1ccc2oc(/C=C/[NH+](C)C)c(C(=O)c3ccc(Cl)cc3)c2c1. The topological polar surface area (TPSA) is 43.9 Å². The molecule has 0 spiro atoms. The lowest BCUT2D eigenvalue weighted by molar-refractivity contribution is -0.800. The Kier molecular flexibility index (Phi) is 4.93. The second-order valence-electron chi connectivity index (χ2n) is 5.95. The van der Waals surface area contributed by atoms with Crippen LogP contribution in [0.5, 0.6) is 5.75 Å². The molecule has 0 aliphatic carbocycles. The van der Waals surface area contributed by atoms with Crippen molar-refractivity contribution in [2.75, 3.05) is 21.2 Å². The zero-order valence-electron chi connectivity index (χ0n) is 14.3. The monoisotopic (exact) mass is 356 g/mol. The molecule has 3 rings (SSSR count). The van der Waals surface area contributed by atoms with Crippen LogP contribution in [0.1, 0.15) is 21.7 Å². The van der Waals surface area contributed by atoms with E-state index in [0.29, 0.717) is 33.2 Å². The molecule has 0 aliphatic rings. The van der Waals surface area contributed by atoms with E-state index in [0.717, 1.165) is 10.3 Å². The number of ketones is 1. The number of rotatable bonds is 5. The van der Waals surface area contributed by atoms with Gasteiger partial charge >= 0.3 is 0 Å². The zero-order valence-corrected chi connectivity index (χ0v) is 15.1. The average molecular weight is 357 g/mol. The number of nitrogens with one attached hydrogen (secondary N) is 1. The van der Waals surface area contributed by atoms with E-state index in [1.54, 1.807) is 31.4 Å². The number of benzene rings is 2. The van der Waals surface area contributed by atoms with E-state index in [1.165, 1.54) is 0 Å². The molecule has 0 bridgehead atoms. The van der Waals surface area contributed by atoms with Crippen molar-refractivity contribution in [1.29, 1.82) is 0 Å². The summed E-state index contributed by atoms with van der Waals surface area (Å²) in [6.07, 6.45) is 3.75. The summed E-state index contributed by atoms with van der Waals surface area (Å²) in [6.45, 7) is 0. The number of methoxy groups -OCH3 is 1. The van der Waals surface area contributed by atoms with Crippen molar-refractivity contribution in [3.05, 3.63) is 70.6 Å². The van der Waals surface area contributed by atoms with E-state index >= 15 is 0 Å². The van der Waals surface area contributed by atoms with E-state index in [9.17, 15) is 4.79 Å². The van der Waals surface area contributed by atoms with Crippen molar-refractivity contribution in [2.24, 2.45) is 0 Å². The molecular formula is C20H19ClNO3+. The molecule has 2 aromatic carbocycles. The lowest BCUT2D eigenvalue weighted by Gasteiger charge is -2.03. The summed E-state index contributed by atoms with van der Waals surface area (Å²) in [5.74, 6) is 1.09. The molecule has 3 aromatic rings. The largest absolute Gasteiger partial charge is 0.497 e. The van der Waals surface area contributed by atoms with Crippen LogP contribution < -0.4 is 9.64 Å². The van der Waals surface area contributed by atoms with Crippen LogP contribution in [0.15, 0.2) is 53.1 Å². The molecule has 128 valence electrons. The smallest absolute Gasteiger partial charge is 0.197 e. The van der Waals surface area contributed by atoms with Crippen molar-refractivity contribution in [2.45, 2.75) is 0 Å². The number of hydrogen-bond acceptors (Lipinski definition) is 3. The first-order valence-corrected chi connectivity index (χ1v) is 8.26. The van der Waals surface area contributed by atoms with E-state index in [1.807, 2.05) is 44.6 Å². The fraction of sp³-hybridized carbons (Fsp3) is 0.150. The van der Waals surface area contributed by atoms with Gasteiger partial charge in [0.2, 0.25) is 0 Å². The molecule has 0 saturated carbocycles. The van der Waals surface area contributed by atoms with Crippen LogP contribution in [0.3, 0.4) is 0 Å². The van der Waals surface area contributed by atoms with Crippen LogP contribution >= 0.6 is 11.6 Å². The predicted octanol–water partition coefficient (Wildman–Crippen LogP) is 3.44. The quantitative estimate of drug-likeness (QED) is 0.712. The third-order valence-corrected chi connectivity index (χ3v) is 4.08. The highest BCUT2D eigenvalue weighted by atomic mass is 35.5. The molecule has 0 unspecified atom stereocenters. The molecule has 25 heavy (non-hydrogen) atoms. The summed E-state index contributed by atoms with van der Waals surface area (Å²) < 4.78 is 11.2. The number of ether oxygens (including phenoxy) is 1. The number of furan rings is 1. The van der Waals surface area contributed by atoms with Gasteiger partial charge in [0.25, 0.3) is 0 Å². The van der Waals surface area contributed by atoms with Gasteiger partial charge in [-0.15, -0.1) is 0 Å². The Labute approximate surface area is 151 Å². The molecule has 5 heteroatoms. The maximum atomic E-state index is 13.1. The molecule has 0 amide bonds. The normalized spacial score (nSPS) is 11.6. The van der Waals surface area contributed by atoms with Crippen LogP contribution in [0.4, 0.5) is 0 Å². The molecule has 0 atom stereocenters. The molecule has 0 radical (unpaired) electrons. The minimum atomic E-state index is -0.114. The third kappa shape index (κ3) is 3.60. The molecule has 4 nitrogen and oxygen atoms in total. The summed E-state index contributed by atoms with van der Waals surface area (Å²) in [7, 11) is 5.57. The van der Waals surface area contributed by atoms with Crippen molar-refractivity contribution in [1.82, 2.24) is 0 Å².